The Kier molecular flexibility index (Phi) is 5.15. The zero-order valence-electron chi connectivity index (χ0n) is 9.45. The summed E-state index contributed by atoms with van der Waals surface area (Å²) in [7, 11) is 1.68. The van der Waals surface area contributed by atoms with Gasteiger partial charge in [0.25, 0.3) is 0 Å². The van der Waals surface area contributed by atoms with Gasteiger partial charge in [-0.2, -0.15) is 0 Å². The van der Waals surface area contributed by atoms with Crippen LogP contribution in [0.1, 0.15) is 18.1 Å². The number of hydrogen-bond donors (Lipinski definition) is 1. The third kappa shape index (κ3) is 3.53. The molecule has 3 nitrogen and oxygen atoms in total. The minimum absolute atomic E-state index is 0.633. The van der Waals surface area contributed by atoms with Crippen LogP contribution in [0.3, 0.4) is 0 Å². The average Bonchev–Trinajstić information content (AvgIpc) is 2.27. The van der Waals surface area contributed by atoms with Crippen molar-refractivity contribution in [2.45, 2.75) is 20.0 Å². The van der Waals surface area contributed by atoms with Gasteiger partial charge < -0.3 is 15.2 Å². The molecule has 1 rings (SSSR count). The Morgan fingerprint density at radius 3 is 2.73 bits per heavy atom. The van der Waals surface area contributed by atoms with E-state index in [1.807, 2.05) is 19.1 Å². The molecule has 0 fully saturated rings. The van der Waals surface area contributed by atoms with Gasteiger partial charge in [0.1, 0.15) is 5.75 Å². The summed E-state index contributed by atoms with van der Waals surface area (Å²) in [5.41, 5.74) is 7.87. The highest BCUT2D eigenvalue weighted by atomic mass is 16.5. The molecule has 0 heterocycles. The van der Waals surface area contributed by atoms with E-state index in [0.29, 0.717) is 13.2 Å². The summed E-state index contributed by atoms with van der Waals surface area (Å²) in [6.45, 7) is 4.01. The summed E-state index contributed by atoms with van der Waals surface area (Å²) < 4.78 is 10.6. The van der Waals surface area contributed by atoms with E-state index in [1.54, 1.807) is 7.11 Å². The van der Waals surface area contributed by atoms with E-state index in [-0.39, 0.29) is 0 Å². The molecule has 1 aromatic carbocycles. The largest absolute Gasteiger partial charge is 0.496 e. The molecule has 0 spiro atoms. The van der Waals surface area contributed by atoms with Gasteiger partial charge in [-0.25, -0.2) is 0 Å². The van der Waals surface area contributed by atoms with Crippen LogP contribution in [0.4, 0.5) is 0 Å². The zero-order chi connectivity index (χ0) is 11.1. The molecule has 15 heavy (non-hydrogen) atoms. The first-order chi connectivity index (χ1) is 7.31. The molecule has 0 bridgehead atoms. The van der Waals surface area contributed by atoms with Crippen LogP contribution < -0.4 is 10.5 Å². The summed E-state index contributed by atoms with van der Waals surface area (Å²) in [5, 5.41) is 0. The Hall–Kier alpha value is -1.06. The van der Waals surface area contributed by atoms with Gasteiger partial charge in [0.15, 0.2) is 0 Å². The Labute approximate surface area is 91.2 Å². The molecular weight excluding hydrogens is 190 g/mol. The standard InChI is InChI=1S/C12H19NO2/c1-3-15-9-10-4-5-12(14-2)11(8-10)6-7-13/h4-5,8H,3,6-7,9,13H2,1-2H3. The number of methoxy groups -OCH3 is 1. The first-order valence-corrected chi connectivity index (χ1v) is 5.25. The smallest absolute Gasteiger partial charge is 0.122 e. The predicted molar refractivity (Wildman–Crippen MR) is 61.1 cm³/mol. The molecule has 0 saturated heterocycles. The maximum Gasteiger partial charge on any atom is 0.122 e. The Morgan fingerprint density at radius 1 is 1.33 bits per heavy atom. The highest BCUT2D eigenvalue weighted by Crippen LogP contribution is 2.20. The number of benzene rings is 1. The number of rotatable bonds is 6. The second kappa shape index (κ2) is 6.43. The summed E-state index contributed by atoms with van der Waals surface area (Å²) in [6, 6.07) is 6.09. The molecule has 1 aromatic rings. The monoisotopic (exact) mass is 209 g/mol. The van der Waals surface area contributed by atoms with Crippen molar-refractivity contribution in [1.29, 1.82) is 0 Å². The van der Waals surface area contributed by atoms with Crippen molar-refractivity contribution in [3.8, 4) is 5.75 Å². The van der Waals surface area contributed by atoms with Gasteiger partial charge in [-0.3, -0.25) is 0 Å². The predicted octanol–water partition coefficient (Wildman–Crippen LogP) is 1.73. The number of nitrogens with two attached hydrogens (primary N) is 1. The van der Waals surface area contributed by atoms with Crippen molar-refractivity contribution in [3.63, 3.8) is 0 Å². The fourth-order valence-corrected chi connectivity index (χ4v) is 1.49. The molecule has 0 unspecified atom stereocenters. The highest BCUT2D eigenvalue weighted by Gasteiger charge is 2.03. The highest BCUT2D eigenvalue weighted by molar-refractivity contribution is 5.37. The van der Waals surface area contributed by atoms with Gasteiger partial charge in [0.05, 0.1) is 13.7 Å². The van der Waals surface area contributed by atoms with Crippen LogP contribution >= 0.6 is 0 Å². The molecule has 84 valence electrons. The van der Waals surface area contributed by atoms with E-state index in [1.165, 1.54) is 5.56 Å². The fraction of sp³-hybridized carbons (Fsp3) is 0.500. The van der Waals surface area contributed by atoms with Crippen LogP contribution in [0.5, 0.6) is 5.75 Å². The molecular formula is C12H19NO2. The molecule has 0 amide bonds. The lowest BCUT2D eigenvalue weighted by Crippen LogP contribution is -2.05. The van der Waals surface area contributed by atoms with E-state index in [4.69, 9.17) is 15.2 Å². The normalized spacial score (nSPS) is 10.3. The van der Waals surface area contributed by atoms with Crippen LogP contribution in [-0.4, -0.2) is 20.3 Å². The summed E-state index contributed by atoms with van der Waals surface area (Å²) in [6.07, 6.45) is 0.836. The minimum atomic E-state index is 0.633. The molecule has 3 heteroatoms. The summed E-state index contributed by atoms with van der Waals surface area (Å²) in [5.74, 6) is 0.903. The van der Waals surface area contributed by atoms with Gasteiger partial charge >= 0.3 is 0 Å². The van der Waals surface area contributed by atoms with Gasteiger partial charge in [-0.15, -0.1) is 0 Å². The maximum atomic E-state index is 5.55. The van der Waals surface area contributed by atoms with Crippen molar-refractivity contribution in [2.24, 2.45) is 5.73 Å². The van der Waals surface area contributed by atoms with Crippen molar-refractivity contribution in [3.05, 3.63) is 29.3 Å². The van der Waals surface area contributed by atoms with Gasteiger partial charge in [0.2, 0.25) is 0 Å². The van der Waals surface area contributed by atoms with Gasteiger partial charge in [-0.05, 0) is 43.1 Å². The van der Waals surface area contributed by atoms with Crippen molar-refractivity contribution >= 4 is 0 Å². The molecule has 0 aliphatic carbocycles. The Morgan fingerprint density at radius 2 is 2.13 bits per heavy atom. The number of hydrogen-bond acceptors (Lipinski definition) is 3. The second-order valence-corrected chi connectivity index (χ2v) is 3.32. The SMILES string of the molecule is CCOCc1ccc(OC)c(CCN)c1. The van der Waals surface area contributed by atoms with E-state index in [9.17, 15) is 0 Å². The van der Waals surface area contributed by atoms with E-state index in [0.717, 1.165) is 24.3 Å². The van der Waals surface area contributed by atoms with Crippen LogP contribution in [-0.2, 0) is 17.8 Å². The molecule has 0 aliphatic rings. The first kappa shape index (κ1) is 12.0. The van der Waals surface area contributed by atoms with E-state index >= 15 is 0 Å². The van der Waals surface area contributed by atoms with E-state index < -0.39 is 0 Å². The lowest BCUT2D eigenvalue weighted by Gasteiger charge is -2.10. The number of ether oxygens (including phenoxy) is 2. The summed E-state index contributed by atoms with van der Waals surface area (Å²) in [4.78, 5) is 0. The Bertz CT molecular complexity index is 300. The van der Waals surface area contributed by atoms with Crippen LogP contribution in [0, 0.1) is 0 Å². The van der Waals surface area contributed by atoms with Crippen molar-refractivity contribution in [1.82, 2.24) is 0 Å². The fourth-order valence-electron chi connectivity index (χ4n) is 1.49. The van der Waals surface area contributed by atoms with Crippen molar-refractivity contribution < 1.29 is 9.47 Å². The second-order valence-electron chi connectivity index (χ2n) is 3.32. The molecule has 0 radical (unpaired) electrons. The van der Waals surface area contributed by atoms with E-state index in [2.05, 4.69) is 6.07 Å². The molecule has 0 saturated carbocycles. The van der Waals surface area contributed by atoms with Gasteiger partial charge in [-0.1, -0.05) is 6.07 Å². The third-order valence-electron chi connectivity index (χ3n) is 2.23. The van der Waals surface area contributed by atoms with Crippen LogP contribution in [0.2, 0.25) is 0 Å². The zero-order valence-corrected chi connectivity index (χ0v) is 9.45. The first-order valence-electron chi connectivity index (χ1n) is 5.25. The lowest BCUT2D eigenvalue weighted by atomic mass is 10.1. The molecule has 0 aromatic heterocycles. The topological polar surface area (TPSA) is 44.5 Å². The minimum Gasteiger partial charge on any atom is -0.496 e. The molecule has 2 N–H and O–H groups in total. The lowest BCUT2D eigenvalue weighted by molar-refractivity contribution is 0.134. The van der Waals surface area contributed by atoms with Gasteiger partial charge in [0, 0.05) is 6.61 Å². The molecule has 0 atom stereocenters. The summed E-state index contributed by atoms with van der Waals surface area (Å²) >= 11 is 0. The quantitative estimate of drug-likeness (QED) is 0.776. The van der Waals surface area contributed by atoms with Crippen LogP contribution in [0.15, 0.2) is 18.2 Å². The average molecular weight is 209 g/mol. The van der Waals surface area contributed by atoms with Crippen LogP contribution in [0.25, 0.3) is 0 Å². The third-order valence-corrected chi connectivity index (χ3v) is 2.23. The Balaban J connectivity index is 2.79. The van der Waals surface area contributed by atoms with Crippen molar-refractivity contribution in [2.75, 3.05) is 20.3 Å². The maximum absolute atomic E-state index is 5.55. The molecule has 0 aliphatic heterocycles.